The number of aliphatic carboxylic acids is 1. The number of amides is 2. The number of likely N-dealkylation sites (tertiary alicyclic amines) is 1. The molecule has 0 spiro atoms. The van der Waals surface area contributed by atoms with Gasteiger partial charge in [-0.25, -0.2) is 0 Å². The summed E-state index contributed by atoms with van der Waals surface area (Å²) in [7, 11) is 0. The van der Waals surface area contributed by atoms with E-state index in [4.69, 9.17) is 5.11 Å². The molecule has 1 aliphatic rings. The van der Waals surface area contributed by atoms with Crippen LogP contribution in [-0.4, -0.2) is 53.5 Å². The lowest BCUT2D eigenvalue weighted by Gasteiger charge is -2.20. The van der Waals surface area contributed by atoms with E-state index in [9.17, 15) is 14.4 Å². The molecule has 1 aliphatic heterocycles. The van der Waals surface area contributed by atoms with Gasteiger partial charge in [0, 0.05) is 5.69 Å². The molecule has 1 aromatic rings. The zero-order valence-electron chi connectivity index (χ0n) is 14.9. The first kappa shape index (κ1) is 18.9. The predicted molar refractivity (Wildman–Crippen MR) is 94.5 cm³/mol. The second kappa shape index (κ2) is 8.11. The summed E-state index contributed by atoms with van der Waals surface area (Å²) in [6, 6.07) is 3.36. The van der Waals surface area contributed by atoms with Crippen molar-refractivity contribution in [2.45, 2.75) is 39.7 Å². The SMILES string of the molecule is Cc1cc(C)c(NC(=O)CNC(=O)CN2CCCC2C(=O)O)c(C)c1. The van der Waals surface area contributed by atoms with Crippen LogP contribution in [0.4, 0.5) is 5.69 Å². The third-order valence-electron chi connectivity index (χ3n) is 4.38. The number of rotatable bonds is 6. The number of benzene rings is 1. The number of aryl methyl sites for hydroxylation is 3. The summed E-state index contributed by atoms with van der Waals surface area (Å²) in [6.45, 7) is 6.28. The van der Waals surface area contributed by atoms with Gasteiger partial charge >= 0.3 is 5.97 Å². The van der Waals surface area contributed by atoms with Gasteiger partial charge in [0.25, 0.3) is 0 Å². The standard InChI is InChI=1S/C18H25N3O4/c1-11-7-12(2)17(13(3)8-11)20-15(22)9-19-16(23)10-21-6-4-5-14(21)18(24)25/h7-8,14H,4-6,9-10H2,1-3H3,(H,19,23)(H,20,22)(H,24,25). The molecule has 0 bridgehead atoms. The predicted octanol–water partition coefficient (Wildman–Crippen LogP) is 1.22. The van der Waals surface area contributed by atoms with E-state index in [1.54, 1.807) is 4.90 Å². The Labute approximate surface area is 147 Å². The van der Waals surface area contributed by atoms with Gasteiger partial charge in [0.15, 0.2) is 0 Å². The average molecular weight is 347 g/mol. The number of hydrogen-bond donors (Lipinski definition) is 3. The molecule has 1 atom stereocenters. The molecule has 1 unspecified atom stereocenters. The number of carboxylic acids is 1. The highest BCUT2D eigenvalue weighted by Gasteiger charge is 2.31. The van der Waals surface area contributed by atoms with Crippen LogP contribution in [0.15, 0.2) is 12.1 Å². The Hall–Kier alpha value is -2.41. The van der Waals surface area contributed by atoms with Crippen LogP contribution in [0.5, 0.6) is 0 Å². The van der Waals surface area contributed by atoms with Crippen molar-refractivity contribution in [2.24, 2.45) is 0 Å². The first-order chi connectivity index (χ1) is 11.8. The fourth-order valence-electron chi connectivity index (χ4n) is 3.28. The molecule has 7 nitrogen and oxygen atoms in total. The van der Waals surface area contributed by atoms with Gasteiger partial charge in [0.05, 0.1) is 13.1 Å². The molecule has 1 heterocycles. The maximum absolute atomic E-state index is 12.1. The van der Waals surface area contributed by atoms with Crippen LogP contribution in [0.25, 0.3) is 0 Å². The highest BCUT2D eigenvalue weighted by atomic mass is 16.4. The van der Waals surface area contributed by atoms with E-state index in [-0.39, 0.29) is 24.9 Å². The average Bonchev–Trinajstić information content (AvgIpc) is 2.97. The summed E-state index contributed by atoms with van der Waals surface area (Å²) in [5.74, 6) is -1.56. The van der Waals surface area contributed by atoms with Crippen molar-refractivity contribution in [1.29, 1.82) is 0 Å². The summed E-state index contributed by atoms with van der Waals surface area (Å²) in [6.07, 6.45) is 1.31. The topological polar surface area (TPSA) is 98.7 Å². The summed E-state index contributed by atoms with van der Waals surface area (Å²) in [5.41, 5.74) is 3.83. The number of nitrogens with one attached hydrogen (secondary N) is 2. The smallest absolute Gasteiger partial charge is 0.320 e. The fraction of sp³-hybridized carbons (Fsp3) is 0.500. The van der Waals surface area contributed by atoms with Crippen LogP contribution >= 0.6 is 0 Å². The molecule has 0 aromatic heterocycles. The molecule has 1 aromatic carbocycles. The number of nitrogens with zero attached hydrogens (tertiary/aromatic N) is 1. The van der Waals surface area contributed by atoms with Crippen LogP contribution in [-0.2, 0) is 14.4 Å². The van der Waals surface area contributed by atoms with Crippen LogP contribution in [0.1, 0.15) is 29.5 Å². The second-order valence-corrected chi connectivity index (χ2v) is 6.57. The van der Waals surface area contributed by atoms with E-state index in [2.05, 4.69) is 10.6 Å². The molecular weight excluding hydrogens is 322 g/mol. The summed E-state index contributed by atoms with van der Waals surface area (Å²) in [4.78, 5) is 36.8. The Kier molecular flexibility index (Phi) is 6.14. The highest BCUT2D eigenvalue weighted by Crippen LogP contribution is 2.21. The van der Waals surface area contributed by atoms with E-state index in [1.807, 2.05) is 32.9 Å². The second-order valence-electron chi connectivity index (χ2n) is 6.57. The first-order valence-corrected chi connectivity index (χ1v) is 8.39. The molecule has 0 saturated carbocycles. The molecule has 0 radical (unpaired) electrons. The third kappa shape index (κ3) is 5.03. The third-order valence-corrected chi connectivity index (χ3v) is 4.38. The van der Waals surface area contributed by atoms with Gasteiger partial charge in [0.1, 0.15) is 6.04 Å². The Morgan fingerprint density at radius 3 is 2.40 bits per heavy atom. The molecule has 2 amide bonds. The lowest BCUT2D eigenvalue weighted by atomic mass is 10.1. The highest BCUT2D eigenvalue weighted by molar-refractivity contribution is 5.96. The van der Waals surface area contributed by atoms with Gasteiger partial charge in [-0.1, -0.05) is 17.7 Å². The number of carboxylic acid groups (broad SMARTS) is 1. The monoisotopic (exact) mass is 347 g/mol. The van der Waals surface area contributed by atoms with E-state index < -0.39 is 12.0 Å². The van der Waals surface area contributed by atoms with E-state index in [0.717, 1.165) is 28.8 Å². The Morgan fingerprint density at radius 1 is 1.16 bits per heavy atom. The van der Waals surface area contributed by atoms with Crippen molar-refractivity contribution in [3.05, 3.63) is 28.8 Å². The molecule has 3 N–H and O–H groups in total. The van der Waals surface area contributed by atoms with Gasteiger partial charge in [-0.3, -0.25) is 19.3 Å². The summed E-state index contributed by atoms with van der Waals surface area (Å²) >= 11 is 0. The quantitative estimate of drug-likeness (QED) is 0.718. The van der Waals surface area contributed by atoms with Gasteiger partial charge in [-0.15, -0.1) is 0 Å². The van der Waals surface area contributed by atoms with Crippen molar-refractivity contribution in [3.63, 3.8) is 0 Å². The number of anilines is 1. The van der Waals surface area contributed by atoms with Gasteiger partial charge in [0.2, 0.25) is 11.8 Å². The van der Waals surface area contributed by atoms with Gasteiger partial charge in [-0.05, 0) is 51.3 Å². The molecule has 0 aliphatic carbocycles. The van der Waals surface area contributed by atoms with Crippen LogP contribution in [0, 0.1) is 20.8 Å². The largest absolute Gasteiger partial charge is 0.480 e. The first-order valence-electron chi connectivity index (χ1n) is 8.39. The van der Waals surface area contributed by atoms with Gasteiger partial charge in [-0.2, -0.15) is 0 Å². The molecule has 25 heavy (non-hydrogen) atoms. The lowest BCUT2D eigenvalue weighted by molar-refractivity contribution is -0.142. The van der Waals surface area contributed by atoms with Gasteiger partial charge < -0.3 is 15.7 Å². The Bertz CT molecular complexity index is 664. The summed E-state index contributed by atoms with van der Waals surface area (Å²) < 4.78 is 0. The number of carbonyl (C=O) groups excluding carboxylic acids is 2. The van der Waals surface area contributed by atoms with Crippen LogP contribution in [0.3, 0.4) is 0 Å². The minimum Gasteiger partial charge on any atom is -0.480 e. The number of hydrogen-bond acceptors (Lipinski definition) is 4. The minimum absolute atomic E-state index is 0.00711. The fourth-order valence-corrected chi connectivity index (χ4v) is 3.28. The maximum atomic E-state index is 12.1. The minimum atomic E-state index is -0.909. The summed E-state index contributed by atoms with van der Waals surface area (Å²) in [5, 5.41) is 14.5. The molecule has 1 fully saturated rings. The van der Waals surface area contributed by atoms with E-state index in [0.29, 0.717) is 13.0 Å². The Balaban J connectivity index is 1.84. The van der Waals surface area contributed by atoms with Crippen molar-refractivity contribution >= 4 is 23.5 Å². The van der Waals surface area contributed by atoms with E-state index in [1.165, 1.54) is 0 Å². The van der Waals surface area contributed by atoms with Crippen molar-refractivity contribution in [2.75, 3.05) is 25.0 Å². The molecular formula is C18H25N3O4. The van der Waals surface area contributed by atoms with Crippen molar-refractivity contribution < 1.29 is 19.5 Å². The molecule has 2 rings (SSSR count). The Morgan fingerprint density at radius 2 is 1.80 bits per heavy atom. The van der Waals surface area contributed by atoms with Crippen LogP contribution in [0.2, 0.25) is 0 Å². The normalized spacial score (nSPS) is 17.3. The van der Waals surface area contributed by atoms with Crippen molar-refractivity contribution in [1.82, 2.24) is 10.2 Å². The lowest BCUT2D eigenvalue weighted by Crippen LogP contribution is -2.44. The van der Waals surface area contributed by atoms with Crippen LogP contribution < -0.4 is 10.6 Å². The maximum Gasteiger partial charge on any atom is 0.320 e. The van der Waals surface area contributed by atoms with E-state index >= 15 is 0 Å². The molecule has 1 saturated heterocycles. The zero-order chi connectivity index (χ0) is 18.6. The molecule has 7 heteroatoms. The molecule has 136 valence electrons. The zero-order valence-corrected chi connectivity index (χ0v) is 14.9. The van der Waals surface area contributed by atoms with Crippen molar-refractivity contribution in [3.8, 4) is 0 Å². The number of carbonyl (C=O) groups is 3.